The maximum atomic E-state index is 12.1. The average molecular weight is 332 g/mol. The van der Waals surface area contributed by atoms with Crippen molar-refractivity contribution in [1.29, 1.82) is 0 Å². The van der Waals surface area contributed by atoms with Gasteiger partial charge in [0.1, 0.15) is 0 Å². The van der Waals surface area contributed by atoms with Crippen molar-refractivity contribution in [3.8, 4) is 0 Å². The molecule has 2 fully saturated rings. The van der Waals surface area contributed by atoms with Crippen LogP contribution in [0.15, 0.2) is 0 Å². The molecule has 1 N–H and O–H groups in total. The minimum atomic E-state index is -3.22. The van der Waals surface area contributed by atoms with Crippen LogP contribution in [0.25, 0.3) is 0 Å². The molecule has 2 aliphatic heterocycles. The van der Waals surface area contributed by atoms with Gasteiger partial charge in [0, 0.05) is 32.6 Å². The van der Waals surface area contributed by atoms with Crippen LogP contribution in [-0.4, -0.2) is 66.5 Å². The lowest BCUT2D eigenvalue weighted by molar-refractivity contribution is -0.145. The summed E-state index contributed by atoms with van der Waals surface area (Å²) < 4.78 is 25.6. The predicted molar refractivity (Wildman–Crippen MR) is 80.8 cm³/mol. The van der Waals surface area contributed by atoms with E-state index in [9.17, 15) is 18.0 Å². The van der Waals surface area contributed by atoms with Gasteiger partial charge in [-0.2, -0.15) is 0 Å². The second-order valence-electron chi connectivity index (χ2n) is 6.02. The monoisotopic (exact) mass is 332 g/mol. The van der Waals surface area contributed by atoms with Gasteiger partial charge in [-0.05, 0) is 32.1 Å². The summed E-state index contributed by atoms with van der Waals surface area (Å²) >= 11 is 0. The van der Waals surface area contributed by atoms with Crippen LogP contribution in [0.3, 0.4) is 0 Å². The van der Waals surface area contributed by atoms with Crippen molar-refractivity contribution in [2.24, 2.45) is 5.92 Å². The van der Waals surface area contributed by atoms with Gasteiger partial charge >= 0.3 is 5.97 Å². The number of likely N-dealkylation sites (tertiary alicyclic amines) is 1. The molecule has 8 heteroatoms. The van der Waals surface area contributed by atoms with Gasteiger partial charge < -0.3 is 10.0 Å². The Morgan fingerprint density at radius 2 is 1.64 bits per heavy atom. The summed E-state index contributed by atoms with van der Waals surface area (Å²) in [5.41, 5.74) is 0. The zero-order valence-electron chi connectivity index (χ0n) is 12.7. The van der Waals surface area contributed by atoms with Gasteiger partial charge in [0.05, 0.1) is 11.7 Å². The van der Waals surface area contributed by atoms with E-state index in [0.717, 1.165) is 12.8 Å². The molecule has 0 aromatic carbocycles. The van der Waals surface area contributed by atoms with E-state index in [1.165, 1.54) is 4.31 Å². The zero-order chi connectivity index (χ0) is 16.2. The summed E-state index contributed by atoms with van der Waals surface area (Å²) in [6, 6.07) is 0. The van der Waals surface area contributed by atoms with Crippen molar-refractivity contribution in [1.82, 2.24) is 9.21 Å². The van der Waals surface area contributed by atoms with E-state index in [2.05, 4.69) is 0 Å². The van der Waals surface area contributed by atoms with Crippen LogP contribution < -0.4 is 0 Å². The lowest BCUT2D eigenvalue weighted by Gasteiger charge is -2.30. The quantitative estimate of drug-likeness (QED) is 0.765. The number of nitrogens with zero attached hydrogens (tertiary/aromatic N) is 2. The van der Waals surface area contributed by atoms with Crippen molar-refractivity contribution < 1.29 is 23.1 Å². The lowest BCUT2D eigenvalue weighted by atomic mass is 9.97. The number of hydrogen-bond donors (Lipinski definition) is 1. The Balaban J connectivity index is 1.71. The standard InChI is InChI=1S/C14H24N2O5S/c17-13(15-9-5-12(6-10-15)14(18)19)4-3-11-22(20,21)16-7-1-2-8-16/h12H,1-11H2,(H,18,19). The Kier molecular flexibility index (Phi) is 5.80. The summed E-state index contributed by atoms with van der Waals surface area (Å²) in [6.45, 7) is 2.10. The number of hydrogen-bond acceptors (Lipinski definition) is 4. The Morgan fingerprint density at radius 1 is 1.05 bits per heavy atom. The zero-order valence-corrected chi connectivity index (χ0v) is 13.6. The number of aliphatic carboxylic acids is 1. The van der Waals surface area contributed by atoms with E-state index in [-0.39, 0.29) is 24.0 Å². The highest BCUT2D eigenvalue weighted by Gasteiger charge is 2.28. The lowest BCUT2D eigenvalue weighted by Crippen LogP contribution is -2.40. The van der Waals surface area contributed by atoms with Crippen LogP contribution in [-0.2, 0) is 19.6 Å². The predicted octanol–water partition coefficient (Wildman–Crippen LogP) is 0.515. The molecule has 2 rings (SSSR count). The fourth-order valence-electron chi connectivity index (χ4n) is 3.04. The maximum absolute atomic E-state index is 12.1. The first kappa shape index (κ1) is 17.2. The summed E-state index contributed by atoms with van der Waals surface area (Å²) in [5, 5.41) is 8.92. The summed E-state index contributed by atoms with van der Waals surface area (Å²) in [5.74, 6) is -1.21. The molecule has 0 unspecified atom stereocenters. The van der Waals surface area contributed by atoms with Gasteiger partial charge in [0.25, 0.3) is 0 Å². The van der Waals surface area contributed by atoms with Crippen LogP contribution in [0.4, 0.5) is 0 Å². The number of carboxylic acids is 1. The Morgan fingerprint density at radius 3 is 2.18 bits per heavy atom. The topological polar surface area (TPSA) is 95.0 Å². The number of carboxylic acid groups (broad SMARTS) is 1. The number of rotatable bonds is 6. The van der Waals surface area contributed by atoms with E-state index in [1.54, 1.807) is 4.90 Å². The van der Waals surface area contributed by atoms with Gasteiger partial charge in [-0.15, -0.1) is 0 Å². The molecule has 0 radical (unpaired) electrons. The van der Waals surface area contributed by atoms with Gasteiger partial charge in [-0.25, -0.2) is 12.7 Å². The van der Waals surface area contributed by atoms with E-state index < -0.39 is 16.0 Å². The van der Waals surface area contributed by atoms with Crippen molar-refractivity contribution in [2.45, 2.75) is 38.5 Å². The molecule has 126 valence electrons. The SMILES string of the molecule is O=C(O)C1CCN(C(=O)CCCS(=O)(=O)N2CCCC2)CC1. The van der Waals surface area contributed by atoms with Gasteiger partial charge in [0.15, 0.2) is 0 Å². The number of carbonyl (C=O) groups excluding carboxylic acids is 1. The minimum absolute atomic E-state index is 0.0182. The first-order chi connectivity index (χ1) is 10.4. The van der Waals surface area contributed by atoms with Gasteiger partial charge in [-0.1, -0.05) is 0 Å². The molecule has 0 bridgehead atoms. The number of amides is 1. The highest BCUT2D eigenvalue weighted by Crippen LogP contribution is 2.19. The Bertz CT molecular complexity index is 505. The van der Waals surface area contributed by atoms with Crippen LogP contribution >= 0.6 is 0 Å². The fraction of sp³-hybridized carbons (Fsp3) is 0.857. The van der Waals surface area contributed by atoms with E-state index >= 15 is 0 Å². The highest BCUT2D eigenvalue weighted by atomic mass is 32.2. The minimum Gasteiger partial charge on any atom is -0.481 e. The Hall–Kier alpha value is -1.15. The van der Waals surface area contributed by atoms with Crippen LogP contribution in [0.5, 0.6) is 0 Å². The Labute approximate surface area is 131 Å². The van der Waals surface area contributed by atoms with E-state index in [4.69, 9.17) is 5.11 Å². The summed E-state index contributed by atoms with van der Waals surface area (Å²) in [6.07, 6.45) is 3.33. The third-order valence-electron chi connectivity index (χ3n) is 4.45. The van der Waals surface area contributed by atoms with Gasteiger partial charge in [0.2, 0.25) is 15.9 Å². The van der Waals surface area contributed by atoms with E-state index in [0.29, 0.717) is 45.4 Å². The van der Waals surface area contributed by atoms with Crippen LogP contribution in [0.2, 0.25) is 0 Å². The number of carbonyl (C=O) groups is 2. The fourth-order valence-corrected chi connectivity index (χ4v) is 4.62. The van der Waals surface area contributed by atoms with E-state index in [1.807, 2.05) is 0 Å². The number of piperidine rings is 1. The van der Waals surface area contributed by atoms with Gasteiger partial charge in [-0.3, -0.25) is 9.59 Å². The largest absolute Gasteiger partial charge is 0.481 e. The molecule has 0 aromatic rings. The van der Waals surface area contributed by atoms with Crippen LogP contribution in [0.1, 0.15) is 38.5 Å². The maximum Gasteiger partial charge on any atom is 0.306 e. The molecule has 7 nitrogen and oxygen atoms in total. The van der Waals surface area contributed by atoms with Crippen molar-refractivity contribution in [2.75, 3.05) is 31.9 Å². The van der Waals surface area contributed by atoms with Crippen molar-refractivity contribution in [3.63, 3.8) is 0 Å². The molecule has 0 saturated carbocycles. The molecule has 1 amide bonds. The van der Waals surface area contributed by atoms with Crippen LogP contribution in [0, 0.1) is 5.92 Å². The average Bonchev–Trinajstić information content (AvgIpc) is 3.02. The molecule has 2 aliphatic rings. The molecule has 0 atom stereocenters. The molecule has 0 aliphatic carbocycles. The molecular weight excluding hydrogens is 308 g/mol. The highest BCUT2D eigenvalue weighted by molar-refractivity contribution is 7.89. The molecule has 2 heterocycles. The third-order valence-corrected chi connectivity index (χ3v) is 6.40. The second kappa shape index (κ2) is 7.41. The van der Waals surface area contributed by atoms with Crippen molar-refractivity contribution in [3.05, 3.63) is 0 Å². The molecule has 2 saturated heterocycles. The molecule has 22 heavy (non-hydrogen) atoms. The molecule has 0 spiro atoms. The molecular formula is C14H24N2O5S. The van der Waals surface area contributed by atoms with Crippen molar-refractivity contribution >= 4 is 21.9 Å². The first-order valence-electron chi connectivity index (χ1n) is 7.88. The molecule has 0 aromatic heterocycles. The summed E-state index contributed by atoms with van der Waals surface area (Å²) in [4.78, 5) is 24.6. The smallest absolute Gasteiger partial charge is 0.306 e. The summed E-state index contributed by atoms with van der Waals surface area (Å²) in [7, 11) is -3.22. The third kappa shape index (κ3) is 4.42. The second-order valence-corrected chi connectivity index (χ2v) is 8.11. The first-order valence-corrected chi connectivity index (χ1v) is 9.49. The normalized spacial score (nSPS) is 21.2. The number of sulfonamides is 1.